The standard InChI is InChI=1S/C20H25N5O4S2/c1-6-12(16(26)22-20-24-23-13(30-20)8-10(3)4)25-9-21-17-14(18(25)27)11(5)15(31-17)19(28)29-7-2/h9-10,12H,6-8H2,1-5H3,(H,22,24,26). The predicted octanol–water partition coefficient (Wildman–Crippen LogP) is 3.58. The van der Waals surface area contributed by atoms with E-state index in [1.807, 2.05) is 6.92 Å². The molecule has 0 fully saturated rings. The van der Waals surface area contributed by atoms with Crippen molar-refractivity contribution in [1.82, 2.24) is 19.7 Å². The van der Waals surface area contributed by atoms with Crippen LogP contribution in [0.5, 0.6) is 0 Å². The first-order chi connectivity index (χ1) is 14.8. The molecule has 0 saturated heterocycles. The van der Waals surface area contributed by atoms with Crippen LogP contribution in [0.25, 0.3) is 10.2 Å². The first-order valence-corrected chi connectivity index (χ1v) is 11.7. The second-order valence-electron chi connectivity index (χ2n) is 7.43. The molecule has 1 amide bonds. The molecule has 3 aromatic heterocycles. The highest BCUT2D eigenvalue weighted by atomic mass is 32.1. The predicted molar refractivity (Wildman–Crippen MR) is 121 cm³/mol. The smallest absolute Gasteiger partial charge is 0.348 e. The molecule has 166 valence electrons. The highest BCUT2D eigenvalue weighted by molar-refractivity contribution is 7.20. The van der Waals surface area contributed by atoms with E-state index in [0.29, 0.717) is 38.1 Å². The first kappa shape index (κ1) is 23.0. The van der Waals surface area contributed by atoms with Gasteiger partial charge >= 0.3 is 5.97 Å². The van der Waals surface area contributed by atoms with Crippen LogP contribution in [-0.2, 0) is 16.0 Å². The lowest BCUT2D eigenvalue weighted by Crippen LogP contribution is -2.33. The molecular formula is C20H25N5O4S2. The van der Waals surface area contributed by atoms with Gasteiger partial charge in [-0.25, -0.2) is 9.78 Å². The number of esters is 1. The lowest BCUT2D eigenvalue weighted by Gasteiger charge is -2.16. The second-order valence-corrected chi connectivity index (χ2v) is 9.49. The van der Waals surface area contributed by atoms with E-state index >= 15 is 0 Å². The van der Waals surface area contributed by atoms with Crippen molar-refractivity contribution in [2.45, 2.75) is 53.5 Å². The fourth-order valence-corrected chi connectivity index (χ4v) is 5.17. The number of hydrogen-bond donors (Lipinski definition) is 1. The van der Waals surface area contributed by atoms with Crippen LogP contribution in [0.2, 0.25) is 0 Å². The first-order valence-electron chi connectivity index (χ1n) is 10.1. The Kier molecular flexibility index (Phi) is 7.16. The molecule has 1 atom stereocenters. The Morgan fingerprint density at radius 3 is 2.61 bits per heavy atom. The molecule has 3 aromatic rings. The van der Waals surface area contributed by atoms with E-state index in [9.17, 15) is 14.4 Å². The SMILES string of the molecule is CCOC(=O)c1sc2ncn(C(CC)C(=O)Nc3nnc(CC(C)C)s3)c(=O)c2c1C. The van der Waals surface area contributed by atoms with Crippen LogP contribution in [0.4, 0.5) is 5.13 Å². The van der Waals surface area contributed by atoms with Gasteiger partial charge in [0.25, 0.3) is 5.56 Å². The van der Waals surface area contributed by atoms with E-state index in [4.69, 9.17) is 4.74 Å². The molecule has 0 saturated carbocycles. The molecular weight excluding hydrogens is 438 g/mol. The average molecular weight is 464 g/mol. The summed E-state index contributed by atoms with van der Waals surface area (Å²) < 4.78 is 6.37. The lowest BCUT2D eigenvalue weighted by molar-refractivity contribution is -0.119. The molecule has 0 radical (unpaired) electrons. The fraction of sp³-hybridized carbons (Fsp3) is 0.500. The summed E-state index contributed by atoms with van der Waals surface area (Å²) in [6.45, 7) is 9.64. The Bertz CT molecular complexity index is 1160. The van der Waals surface area contributed by atoms with Crippen LogP contribution in [0, 0.1) is 12.8 Å². The topological polar surface area (TPSA) is 116 Å². The van der Waals surface area contributed by atoms with E-state index in [1.165, 1.54) is 22.2 Å². The van der Waals surface area contributed by atoms with Crippen molar-refractivity contribution in [2.75, 3.05) is 11.9 Å². The highest BCUT2D eigenvalue weighted by Gasteiger charge is 2.25. The summed E-state index contributed by atoms with van der Waals surface area (Å²) in [5.41, 5.74) is 0.150. The summed E-state index contributed by atoms with van der Waals surface area (Å²) in [6, 6.07) is -0.771. The van der Waals surface area contributed by atoms with Gasteiger partial charge in [-0.15, -0.1) is 21.5 Å². The van der Waals surface area contributed by atoms with Crippen molar-refractivity contribution in [3.63, 3.8) is 0 Å². The maximum atomic E-state index is 13.2. The van der Waals surface area contributed by atoms with Crippen LogP contribution in [0.3, 0.4) is 0 Å². The zero-order chi connectivity index (χ0) is 22.7. The van der Waals surface area contributed by atoms with Crippen molar-refractivity contribution in [3.8, 4) is 0 Å². The van der Waals surface area contributed by atoms with Crippen LogP contribution in [-0.4, -0.2) is 38.2 Å². The summed E-state index contributed by atoms with van der Waals surface area (Å²) in [5, 5.41) is 12.5. The molecule has 1 N–H and O–H groups in total. The van der Waals surface area contributed by atoms with E-state index in [2.05, 4.69) is 34.3 Å². The highest BCUT2D eigenvalue weighted by Crippen LogP contribution is 2.28. The van der Waals surface area contributed by atoms with Crippen LogP contribution in [0.15, 0.2) is 11.1 Å². The molecule has 0 bridgehead atoms. The van der Waals surface area contributed by atoms with Gasteiger partial charge in [-0.2, -0.15) is 0 Å². The molecule has 11 heteroatoms. The zero-order valence-corrected chi connectivity index (χ0v) is 19.7. The zero-order valence-electron chi connectivity index (χ0n) is 18.1. The number of aryl methyl sites for hydroxylation is 1. The molecule has 3 heterocycles. The van der Waals surface area contributed by atoms with E-state index in [0.717, 1.165) is 22.8 Å². The van der Waals surface area contributed by atoms with Crippen molar-refractivity contribution in [3.05, 3.63) is 32.1 Å². The number of aromatic nitrogens is 4. The average Bonchev–Trinajstić information content (AvgIpc) is 3.28. The van der Waals surface area contributed by atoms with Crippen molar-refractivity contribution >= 4 is 49.9 Å². The molecule has 9 nitrogen and oxygen atoms in total. The van der Waals surface area contributed by atoms with Gasteiger partial charge in [-0.1, -0.05) is 32.1 Å². The maximum absolute atomic E-state index is 13.2. The van der Waals surface area contributed by atoms with Crippen LogP contribution < -0.4 is 10.9 Å². The Balaban J connectivity index is 1.91. The number of nitrogens with one attached hydrogen (secondary N) is 1. The Morgan fingerprint density at radius 2 is 1.97 bits per heavy atom. The minimum Gasteiger partial charge on any atom is -0.462 e. The minimum atomic E-state index is -0.771. The third-order valence-corrected chi connectivity index (χ3v) is 6.68. The van der Waals surface area contributed by atoms with Gasteiger partial charge in [0.2, 0.25) is 11.0 Å². The summed E-state index contributed by atoms with van der Waals surface area (Å²) in [7, 11) is 0. The minimum absolute atomic E-state index is 0.243. The monoisotopic (exact) mass is 463 g/mol. The lowest BCUT2D eigenvalue weighted by atomic mass is 10.1. The van der Waals surface area contributed by atoms with Gasteiger partial charge in [0.05, 0.1) is 18.3 Å². The van der Waals surface area contributed by atoms with Crippen molar-refractivity contribution < 1.29 is 14.3 Å². The van der Waals surface area contributed by atoms with Gasteiger partial charge in [-0.05, 0) is 31.7 Å². The molecule has 0 aliphatic carbocycles. The van der Waals surface area contributed by atoms with Gasteiger partial charge < -0.3 is 4.74 Å². The molecule has 0 aliphatic heterocycles. The summed E-state index contributed by atoms with van der Waals surface area (Å²) in [4.78, 5) is 43.4. The third kappa shape index (κ3) is 4.82. The molecule has 3 rings (SSSR count). The number of nitrogens with zero attached hydrogens (tertiary/aromatic N) is 4. The number of fused-ring (bicyclic) bond motifs is 1. The van der Waals surface area contributed by atoms with Crippen molar-refractivity contribution in [1.29, 1.82) is 0 Å². The molecule has 1 unspecified atom stereocenters. The number of amides is 1. The number of thiophene rings is 1. The number of ether oxygens (including phenoxy) is 1. The number of hydrogen-bond acceptors (Lipinski definition) is 9. The largest absolute Gasteiger partial charge is 0.462 e. The second kappa shape index (κ2) is 9.65. The Labute approximate surface area is 187 Å². The third-order valence-electron chi connectivity index (χ3n) is 4.64. The van der Waals surface area contributed by atoms with Crippen LogP contribution in [0.1, 0.15) is 60.4 Å². The number of anilines is 1. The number of carbonyl (C=O) groups is 2. The van der Waals surface area contributed by atoms with Gasteiger partial charge in [-0.3, -0.25) is 19.5 Å². The number of rotatable bonds is 8. The van der Waals surface area contributed by atoms with E-state index in [-0.39, 0.29) is 18.1 Å². The van der Waals surface area contributed by atoms with Gasteiger partial charge in [0.1, 0.15) is 20.8 Å². The Morgan fingerprint density at radius 1 is 1.23 bits per heavy atom. The molecule has 0 spiro atoms. The van der Waals surface area contributed by atoms with Gasteiger partial charge in [0.15, 0.2) is 0 Å². The summed E-state index contributed by atoms with van der Waals surface area (Å²) in [5.74, 6) is -0.409. The van der Waals surface area contributed by atoms with Crippen LogP contribution >= 0.6 is 22.7 Å². The fourth-order valence-electron chi connectivity index (χ4n) is 3.18. The molecule has 0 aliphatic rings. The molecule has 0 aromatic carbocycles. The Hall–Kier alpha value is -2.66. The normalized spacial score (nSPS) is 12.3. The maximum Gasteiger partial charge on any atom is 0.348 e. The van der Waals surface area contributed by atoms with E-state index < -0.39 is 12.0 Å². The summed E-state index contributed by atoms with van der Waals surface area (Å²) >= 11 is 2.44. The van der Waals surface area contributed by atoms with Crippen molar-refractivity contribution in [2.24, 2.45) is 5.92 Å². The summed E-state index contributed by atoms with van der Waals surface area (Å²) in [6.07, 6.45) is 2.52. The molecule has 31 heavy (non-hydrogen) atoms. The number of carbonyl (C=O) groups excluding carboxylic acids is 2. The van der Waals surface area contributed by atoms with Gasteiger partial charge in [0, 0.05) is 6.42 Å². The quantitative estimate of drug-likeness (QED) is 0.508. The van der Waals surface area contributed by atoms with E-state index in [1.54, 1.807) is 13.8 Å².